The lowest BCUT2D eigenvalue weighted by molar-refractivity contribution is -0.275. The Kier molecular flexibility index (Phi) is 4.00. The van der Waals surface area contributed by atoms with Crippen molar-refractivity contribution in [2.45, 2.75) is 19.7 Å². The molecule has 5 nitrogen and oxygen atoms in total. The fourth-order valence-corrected chi connectivity index (χ4v) is 1.34. The Bertz CT molecular complexity index is 459. The third kappa shape index (κ3) is 3.51. The molecular weight excluding hydrogens is 255 g/mol. The van der Waals surface area contributed by atoms with E-state index in [1.54, 1.807) is 0 Å². The van der Waals surface area contributed by atoms with Gasteiger partial charge in [0, 0.05) is 11.8 Å². The number of aliphatic carboxylic acids is 1. The van der Waals surface area contributed by atoms with Crippen LogP contribution in [0.15, 0.2) is 6.20 Å². The summed E-state index contributed by atoms with van der Waals surface area (Å²) in [4.78, 5) is 14.2. The average molecular weight is 265 g/mol. The van der Waals surface area contributed by atoms with Crippen LogP contribution in [0.25, 0.3) is 0 Å². The van der Waals surface area contributed by atoms with Crippen LogP contribution in [0.5, 0.6) is 11.6 Å². The molecular formula is C10H10F3NO4. The van der Waals surface area contributed by atoms with Crippen molar-refractivity contribution in [3.8, 4) is 11.6 Å². The first-order valence-electron chi connectivity index (χ1n) is 4.74. The molecule has 0 aliphatic carbocycles. The highest BCUT2D eigenvalue weighted by Crippen LogP contribution is 2.35. The van der Waals surface area contributed by atoms with E-state index in [9.17, 15) is 18.0 Å². The lowest BCUT2D eigenvalue weighted by Crippen LogP contribution is -2.20. The van der Waals surface area contributed by atoms with Crippen LogP contribution >= 0.6 is 0 Å². The number of carboxylic acids is 1. The second-order valence-corrected chi connectivity index (χ2v) is 3.38. The van der Waals surface area contributed by atoms with Crippen LogP contribution in [-0.4, -0.2) is 29.5 Å². The molecule has 18 heavy (non-hydrogen) atoms. The molecule has 0 radical (unpaired) electrons. The molecule has 0 amide bonds. The molecule has 0 saturated carbocycles. The smallest absolute Gasteiger partial charge is 0.481 e. The number of methoxy groups -OCH3 is 1. The summed E-state index contributed by atoms with van der Waals surface area (Å²) in [6.07, 6.45) is -4.34. The van der Waals surface area contributed by atoms with E-state index < -0.39 is 30.4 Å². The highest BCUT2D eigenvalue weighted by Gasteiger charge is 2.35. The second-order valence-electron chi connectivity index (χ2n) is 3.38. The van der Waals surface area contributed by atoms with Crippen LogP contribution in [0.3, 0.4) is 0 Å². The number of ether oxygens (including phenoxy) is 2. The van der Waals surface area contributed by atoms with E-state index >= 15 is 0 Å². The third-order valence-corrected chi connectivity index (χ3v) is 2.06. The molecule has 0 atom stereocenters. The number of halogens is 3. The Hall–Kier alpha value is -1.99. The van der Waals surface area contributed by atoms with Crippen LogP contribution in [0.4, 0.5) is 13.2 Å². The van der Waals surface area contributed by atoms with Crippen molar-refractivity contribution >= 4 is 5.97 Å². The minimum absolute atomic E-state index is 0.119. The minimum Gasteiger partial charge on any atom is -0.481 e. The van der Waals surface area contributed by atoms with Gasteiger partial charge < -0.3 is 14.6 Å². The molecule has 0 bridgehead atoms. The first kappa shape index (κ1) is 14.1. The van der Waals surface area contributed by atoms with Crippen LogP contribution in [0.2, 0.25) is 0 Å². The van der Waals surface area contributed by atoms with Gasteiger partial charge in [0.15, 0.2) is 5.75 Å². The topological polar surface area (TPSA) is 68.7 Å². The van der Waals surface area contributed by atoms with Gasteiger partial charge in [-0.05, 0) is 12.5 Å². The lowest BCUT2D eigenvalue weighted by atomic mass is 10.1. The first-order chi connectivity index (χ1) is 8.24. The Morgan fingerprint density at radius 2 is 2.11 bits per heavy atom. The third-order valence-electron chi connectivity index (χ3n) is 2.06. The maximum atomic E-state index is 12.3. The molecule has 100 valence electrons. The molecule has 0 unspecified atom stereocenters. The van der Waals surface area contributed by atoms with Gasteiger partial charge in [-0.25, -0.2) is 4.98 Å². The normalized spacial score (nSPS) is 11.2. The summed E-state index contributed by atoms with van der Waals surface area (Å²) in [6.45, 7) is 1.44. The Morgan fingerprint density at radius 3 is 2.56 bits per heavy atom. The highest BCUT2D eigenvalue weighted by atomic mass is 19.4. The lowest BCUT2D eigenvalue weighted by Gasteiger charge is -2.16. The Morgan fingerprint density at radius 1 is 1.50 bits per heavy atom. The van der Waals surface area contributed by atoms with Crippen molar-refractivity contribution in [2.75, 3.05) is 7.11 Å². The molecule has 1 N–H and O–H groups in total. The molecule has 1 rings (SSSR count). The second kappa shape index (κ2) is 5.11. The predicted molar refractivity (Wildman–Crippen MR) is 53.5 cm³/mol. The SMILES string of the molecule is COc1ncc(C)c(CC(=O)O)c1OC(F)(F)F. The van der Waals surface area contributed by atoms with Gasteiger partial charge in [0.05, 0.1) is 13.5 Å². The summed E-state index contributed by atoms with van der Waals surface area (Å²) in [7, 11) is 1.12. The van der Waals surface area contributed by atoms with E-state index in [1.165, 1.54) is 13.1 Å². The summed E-state index contributed by atoms with van der Waals surface area (Å²) in [5.74, 6) is -2.40. The Labute approximate surface area is 100 Å². The summed E-state index contributed by atoms with van der Waals surface area (Å²) in [5.41, 5.74) is 0.157. The van der Waals surface area contributed by atoms with Gasteiger partial charge in [0.2, 0.25) is 0 Å². The van der Waals surface area contributed by atoms with Crippen LogP contribution in [0.1, 0.15) is 11.1 Å². The predicted octanol–water partition coefficient (Wildman–Crippen LogP) is 1.92. The molecule has 0 saturated heterocycles. The number of pyridine rings is 1. The van der Waals surface area contributed by atoms with Gasteiger partial charge in [-0.3, -0.25) is 4.79 Å². The molecule has 1 aromatic rings. The van der Waals surface area contributed by atoms with E-state index in [0.717, 1.165) is 7.11 Å². The van der Waals surface area contributed by atoms with Crippen molar-refractivity contribution < 1.29 is 32.5 Å². The number of aromatic nitrogens is 1. The summed E-state index contributed by atoms with van der Waals surface area (Å²) >= 11 is 0. The minimum atomic E-state index is -4.95. The van der Waals surface area contributed by atoms with E-state index in [1.807, 2.05) is 0 Å². The zero-order chi connectivity index (χ0) is 13.9. The van der Waals surface area contributed by atoms with Gasteiger partial charge in [-0.15, -0.1) is 13.2 Å². The number of nitrogens with zero attached hydrogens (tertiary/aromatic N) is 1. The van der Waals surface area contributed by atoms with Gasteiger partial charge in [-0.1, -0.05) is 0 Å². The zero-order valence-electron chi connectivity index (χ0n) is 9.54. The average Bonchev–Trinajstić information content (AvgIpc) is 2.21. The molecule has 0 aliphatic rings. The number of alkyl halides is 3. The zero-order valence-corrected chi connectivity index (χ0v) is 9.54. The molecule has 8 heteroatoms. The van der Waals surface area contributed by atoms with E-state index in [-0.39, 0.29) is 11.1 Å². The highest BCUT2D eigenvalue weighted by molar-refractivity contribution is 5.72. The molecule has 1 heterocycles. The van der Waals surface area contributed by atoms with Crippen molar-refractivity contribution in [2.24, 2.45) is 0 Å². The van der Waals surface area contributed by atoms with E-state index in [0.29, 0.717) is 0 Å². The van der Waals surface area contributed by atoms with Crippen molar-refractivity contribution in [1.82, 2.24) is 4.98 Å². The van der Waals surface area contributed by atoms with Crippen molar-refractivity contribution in [3.05, 3.63) is 17.3 Å². The maximum absolute atomic E-state index is 12.3. The van der Waals surface area contributed by atoms with E-state index in [2.05, 4.69) is 14.5 Å². The standard InChI is InChI=1S/C10H10F3NO4/c1-5-4-14-9(17-2)8(18-10(11,12)13)6(5)3-7(15)16/h4H,3H2,1-2H3,(H,15,16). The number of hydrogen-bond acceptors (Lipinski definition) is 4. The van der Waals surface area contributed by atoms with Gasteiger partial charge >= 0.3 is 12.3 Å². The van der Waals surface area contributed by atoms with Gasteiger partial charge in [-0.2, -0.15) is 0 Å². The molecule has 0 spiro atoms. The molecule has 0 aliphatic heterocycles. The van der Waals surface area contributed by atoms with Crippen molar-refractivity contribution in [3.63, 3.8) is 0 Å². The van der Waals surface area contributed by atoms with Gasteiger partial charge in [0.25, 0.3) is 5.88 Å². The maximum Gasteiger partial charge on any atom is 0.573 e. The molecule has 0 aromatic carbocycles. The van der Waals surface area contributed by atoms with Crippen LogP contribution < -0.4 is 9.47 Å². The van der Waals surface area contributed by atoms with Crippen molar-refractivity contribution in [1.29, 1.82) is 0 Å². The van der Waals surface area contributed by atoms with Crippen LogP contribution in [0, 0.1) is 6.92 Å². The Balaban J connectivity index is 3.31. The largest absolute Gasteiger partial charge is 0.573 e. The fraction of sp³-hybridized carbons (Fsp3) is 0.400. The fourth-order valence-electron chi connectivity index (χ4n) is 1.34. The first-order valence-corrected chi connectivity index (χ1v) is 4.74. The number of hydrogen-bond donors (Lipinski definition) is 1. The molecule has 0 fully saturated rings. The summed E-state index contributed by atoms with van der Waals surface area (Å²) < 4.78 is 45.2. The quantitative estimate of drug-likeness (QED) is 0.900. The van der Waals surface area contributed by atoms with Crippen LogP contribution in [-0.2, 0) is 11.2 Å². The number of carbonyl (C=O) groups is 1. The number of aryl methyl sites for hydroxylation is 1. The molecule has 1 aromatic heterocycles. The van der Waals surface area contributed by atoms with E-state index in [4.69, 9.17) is 5.11 Å². The monoisotopic (exact) mass is 265 g/mol. The summed E-state index contributed by atoms with van der Waals surface area (Å²) in [5, 5.41) is 8.68. The summed E-state index contributed by atoms with van der Waals surface area (Å²) in [6, 6.07) is 0. The number of carboxylic acid groups (broad SMARTS) is 1. The van der Waals surface area contributed by atoms with Gasteiger partial charge in [0.1, 0.15) is 0 Å². The number of rotatable bonds is 4.